The van der Waals surface area contributed by atoms with Crippen LogP contribution in [0.2, 0.25) is 5.02 Å². The number of oxazole rings is 1. The molecule has 0 atom stereocenters. The molecular weight excluding hydrogens is 442 g/mol. The first kappa shape index (κ1) is 20.9. The van der Waals surface area contributed by atoms with Crippen LogP contribution in [0.25, 0.3) is 22.6 Å². The summed E-state index contributed by atoms with van der Waals surface area (Å²) in [6, 6.07) is 17.9. The molecule has 0 unspecified atom stereocenters. The third-order valence-corrected chi connectivity index (χ3v) is 5.77. The number of aromatic nitrogens is 1. The number of carbonyl (C=O) groups is 1. The number of halogens is 1. The molecule has 0 aliphatic carbocycles. The third kappa shape index (κ3) is 4.55. The summed E-state index contributed by atoms with van der Waals surface area (Å²) in [5.74, 6) is -1.02. The molecule has 0 fully saturated rings. The lowest BCUT2D eigenvalue weighted by Crippen LogP contribution is -2.15. The maximum absolute atomic E-state index is 12.8. The third-order valence-electron chi connectivity index (χ3n) is 4.44. The van der Waals surface area contributed by atoms with Gasteiger partial charge in [0.1, 0.15) is 11.3 Å². The molecule has 0 N–H and O–H groups in total. The first-order valence-electron chi connectivity index (χ1n) is 9.10. The highest BCUT2D eigenvalue weighted by atomic mass is 35.5. The van der Waals surface area contributed by atoms with Gasteiger partial charge >= 0.3 is 16.1 Å². The van der Waals surface area contributed by atoms with E-state index in [9.17, 15) is 13.2 Å². The van der Waals surface area contributed by atoms with Crippen LogP contribution >= 0.6 is 11.6 Å². The number of hydrogen-bond acceptors (Lipinski definition) is 7. The Hall–Kier alpha value is -3.36. The molecule has 0 aliphatic rings. The summed E-state index contributed by atoms with van der Waals surface area (Å²) in [4.78, 5) is 16.3. The Labute approximate surface area is 183 Å². The largest absolute Gasteiger partial charge is 0.465 e. The zero-order valence-corrected chi connectivity index (χ0v) is 17.8. The maximum atomic E-state index is 12.8. The van der Waals surface area contributed by atoms with Crippen molar-refractivity contribution in [3.63, 3.8) is 0 Å². The highest BCUT2D eigenvalue weighted by Gasteiger charge is 2.23. The van der Waals surface area contributed by atoms with Gasteiger partial charge in [-0.05, 0) is 35.9 Å². The summed E-state index contributed by atoms with van der Waals surface area (Å²) in [6.07, 6.45) is 0. The Kier molecular flexibility index (Phi) is 5.67. The molecule has 7 nitrogen and oxygen atoms in total. The van der Waals surface area contributed by atoms with E-state index in [-0.39, 0.29) is 27.8 Å². The van der Waals surface area contributed by atoms with E-state index in [1.807, 2.05) is 6.07 Å². The van der Waals surface area contributed by atoms with Crippen molar-refractivity contribution in [2.45, 2.75) is 5.75 Å². The maximum Gasteiger partial charge on any atom is 0.338 e. The molecule has 31 heavy (non-hydrogen) atoms. The number of nitrogens with zero attached hydrogens (tertiary/aromatic N) is 1. The minimum absolute atomic E-state index is 0.0328. The van der Waals surface area contributed by atoms with Gasteiger partial charge < -0.3 is 13.3 Å². The summed E-state index contributed by atoms with van der Waals surface area (Å²) in [5.41, 5.74) is 1.88. The normalized spacial score (nSPS) is 11.4. The average Bonchev–Trinajstić information content (AvgIpc) is 3.17. The van der Waals surface area contributed by atoms with E-state index in [1.165, 1.54) is 25.3 Å². The number of esters is 1. The molecule has 9 heteroatoms. The predicted octanol–water partition coefficient (Wildman–Crippen LogP) is 4.84. The van der Waals surface area contributed by atoms with Crippen molar-refractivity contribution in [3.05, 3.63) is 82.9 Å². The van der Waals surface area contributed by atoms with E-state index in [0.29, 0.717) is 16.7 Å². The van der Waals surface area contributed by atoms with Gasteiger partial charge in [0.2, 0.25) is 5.89 Å². The summed E-state index contributed by atoms with van der Waals surface area (Å²) >= 11 is 6.07. The van der Waals surface area contributed by atoms with Gasteiger partial charge in [0.25, 0.3) is 0 Å². The van der Waals surface area contributed by atoms with Crippen LogP contribution in [0.4, 0.5) is 0 Å². The van der Waals surface area contributed by atoms with E-state index >= 15 is 0 Å². The fourth-order valence-corrected chi connectivity index (χ4v) is 4.31. The second-order valence-electron chi connectivity index (χ2n) is 6.56. The van der Waals surface area contributed by atoms with Gasteiger partial charge in [-0.3, -0.25) is 0 Å². The van der Waals surface area contributed by atoms with Gasteiger partial charge in [-0.15, -0.1) is 0 Å². The lowest BCUT2D eigenvalue weighted by atomic mass is 10.1. The molecule has 4 aromatic rings. The number of methoxy groups -OCH3 is 1. The van der Waals surface area contributed by atoms with Gasteiger partial charge in [-0.25, -0.2) is 9.78 Å². The van der Waals surface area contributed by atoms with Crippen molar-refractivity contribution >= 4 is 38.8 Å². The van der Waals surface area contributed by atoms with E-state index in [0.717, 1.165) is 0 Å². The van der Waals surface area contributed by atoms with Gasteiger partial charge in [0.15, 0.2) is 11.3 Å². The molecular formula is C22H16ClNO6S. The molecule has 1 heterocycles. The molecule has 0 saturated carbocycles. The number of para-hydroxylation sites is 2. The van der Waals surface area contributed by atoms with Crippen LogP contribution in [-0.4, -0.2) is 26.5 Å². The number of hydrogen-bond donors (Lipinski definition) is 0. The fraction of sp³-hybridized carbons (Fsp3) is 0.0909. The summed E-state index contributed by atoms with van der Waals surface area (Å²) < 4.78 is 41.5. The summed E-state index contributed by atoms with van der Waals surface area (Å²) in [7, 11) is -2.94. The van der Waals surface area contributed by atoms with Crippen molar-refractivity contribution in [1.82, 2.24) is 4.98 Å². The van der Waals surface area contributed by atoms with Crippen LogP contribution in [0.15, 0.2) is 71.1 Å². The zero-order valence-electron chi connectivity index (χ0n) is 16.2. The van der Waals surface area contributed by atoms with Crippen molar-refractivity contribution in [3.8, 4) is 17.2 Å². The van der Waals surface area contributed by atoms with Crippen molar-refractivity contribution in [1.29, 1.82) is 0 Å². The van der Waals surface area contributed by atoms with Crippen LogP contribution in [0.1, 0.15) is 15.9 Å². The number of carbonyl (C=O) groups excluding carboxylic acids is 1. The molecule has 1 aromatic heterocycles. The quantitative estimate of drug-likeness (QED) is 0.302. The first-order chi connectivity index (χ1) is 14.9. The van der Waals surface area contributed by atoms with Crippen LogP contribution in [-0.2, 0) is 20.6 Å². The summed E-state index contributed by atoms with van der Waals surface area (Å²) in [5, 5.41) is 0.278. The smallest absolute Gasteiger partial charge is 0.338 e. The van der Waals surface area contributed by atoms with Gasteiger partial charge in [-0.1, -0.05) is 41.9 Å². The molecule has 4 rings (SSSR count). The lowest BCUT2D eigenvalue weighted by molar-refractivity contribution is 0.0600. The molecule has 0 amide bonds. The highest BCUT2D eigenvalue weighted by Crippen LogP contribution is 2.35. The molecule has 3 aromatic carbocycles. The second-order valence-corrected chi connectivity index (χ2v) is 8.57. The Morgan fingerprint density at radius 3 is 2.58 bits per heavy atom. The molecule has 0 spiro atoms. The SMILES string of the molecule is COC(=O)c1ccccc1CS(=O)(=O)Oc1cc(Cl)ccc1-c1nc2ccccc2o1. The summed E-state index contributed by atoms with van der Waals surface area (Å²) in [6.45, 7) is 0. The topological polar surface area (TPSA) is 95.7 Å². The average molecular weight is 458 g/mol. The number of fused-ring (bicyclic) bond motifs is 1. The van der Waals surface area contributed by atoms with Gasteiger partial charge in [0, 0.05) is 11.1 Å². The van der Waals surface area contributed by atoms with Gasteiger partial charge in [0.05, 0.1) is 18.2 Å². The minimum atomic E-state index is -4.17. The highest BCUT2D eigenvalue weighted by molar-refractivity contribution is 7.86. The standard InChI is InChI=1S/C22H16ClNO6S/c1-28-22(25)16-7-3-2-6-14(16)13-31(26,27)30-20-12-15(23)10-11-17(20)21-24-18-8-4-5-9-19(18)29-21/h2-12H,13H2,1H3. The Morgan fingerprint density at radius 2 is 1.81 bits per heavy atom. The predicted molar refractivity (Wildman–Crippen MR) is 115 cm³/mol. The number of benzene rings is 3. The molecule has 0 saturated heterocycles. The molecule has 0 bridgehead atoms. The van der Waals surface area contributed by atoms with Crippen molar-refractivity contribution in [2.24, 2.45) is 0 Å². The molecule has 0 aliphatic heterocycles. The Bertz CT molecular complexity index is 1350. The van der Waals surface area contributed by atoms with Crippen molar-refractivity contribution < 1.29 is 26.5 Å². The zero-order chi connectivity index (χ0) is 22.0. The van der Waals surface area contributed by atoms with Crippen LogP contribution < -0.4 is 4.18 Å². The first-order valence-corrected chi connectivity index (χ1v) is 11.1. The number of ether oxygens (including phenoxy) is 1. The van der Waals surface area contributed by atoms with E-state index < -0.39 is 21.8 Å². The van der Waals surface area contributed by atoms with Crippen LogP contribution in [0.5, 0.6) is 5.75 Å². The van der Waals surface area contributed by atoms with Crippen molar-refractivity contribution in [2.75, 3.05) is 7.11 Å². The monoisotopic (exact) mass is 457 g/mol. The molecule has 158 valence electrons. The minimum Gasteiger partial charge on any atom is -0.465 e. The van der Waals surface area contributed by atoms with Gasteiger partial charge in [-0.2, -0.15) is 8.42 Å². The lowest BCUT2D eigenvalue weighted by Gasteiger charge is -2.12. The fourth-order valence-electron chi connectivity index (χ4n) is 3.04. The van der Waals surface area contributed by atoms with Crippen LogP contribution in [0.3, 0.4) is 0 Å². The Morgan fingerprint density at radius 1 is 1.06 bits per heavy atom. The van der Waals surface area contributed by atoms with Crippen LogP contribution in [0, 0.1) is 0 Å². The van der Waals surface area contributed by atoms with E-state index in [2.05, 4.69) is 4.98 Å². The Balaban J connectivity index is 1.69. The van der Waals surface area contributed by atoms with E-state index in [4.69, 9.17) is 24.9 Å². The second kappa shape index (κ2) is 8.41. The molecule has 0 radical (unpaired) electrons. The number of rotatable bonds is 6. The van der Waals surface area contributed by atoms with E-state index in [1.54, 1.807) is 42.5 Å².